The lowest BCUT2D eigenvalue weighted by molar-refractivity contribution is -0.560. The van der Waals surface area contributed by atoms with E-state index >= 15 is 0 Å². The van der Waals surface area contributed by atoms with Crippen molar-refractivity contribution >= 4 is 0 Å². The molecular weight excluding hydrogens is 228 g/mol. The summed E-state index contributed by atoms with van der Waals surface area (Å²) in [5.74, 6) is -1.33. The smallest absolute Gasteiger partial charge is 0.285 e. The van der Waals surface area contributed by atoms with E-state index in [-0.39, 0.29) is 6.42 Å². The Labute approximate surface area is 97.6 Å². The third kappa shape index (κ3) is 2.02. The van der Waals surface area contributed by atoms with Crippen LogP contribution in [-0.2, 0) is 21.7 Å². The second-order valence-corrected chi connectivity index (χ2v) is 3.94. The Kier molecular flexibility index (Phi) is 2.86. The first-order valence-electron chi connectivity index (χ1n) is 5.13. The largest absolute Gasteiger partial charge is 0.354 e. The molecule has 0 bridgehead atoms. The fraction of sp³-hybridized carbons (Fsp3) is 0.417. The zero-order chi connectivity index (χ0) is 12.5. The highest BCUT2D eigenvalue weighted by molar-refractivity contribution is 5.33. The van der Waals surface area contributed by atoms with E-state index in [0.29, 0.717) is 11.1 Å². The zero-order valence-corrected chi connectivity index (χ0v) is 9.24. The molecule has 1 heterocycles. The fourth-order valence-corrected chi connectivity index (χ4v) is 1.96. The SMILES string of the molecule is CC1(c2ccccc2CC#N)OC(F)(CF)O1. The van der Waals surface area contributed by atoms with Crippen LogP contribution in [0.3, 0.4) is 0 Å². The third-order valence-electron chi connectivity index (χ3n) is 2.63. The topological polar surface area (TPSA) is 42.2 Å². The van der Waals surface area contributed by atoms with Gasteiger partial charge in [0.2, 0.25) is 5.79 Å². The Morgan fingerprint density at radius 1 is 1.35 bits per heavy atom. The molecule has 17 heavy (non-hydrogen) atoms. The molecule has 5 heteroatoms. The summed E-state index contributed by atoms with van der Waals surface area (Å²) in [6.07, 6.45) is 0.160. The summed E-state index contributed by atoms with van der Waals surface area (Å²) in [6.45, 7) is 0.139. The van der Waals surface area contributed by atoms with Gasteiger partial charge in [-0.3, -0.25) is 9.47 Å². The van der Waals surface area contributed by atoms with Gasteiger partial charge in [-0.05, 0) is 12.5 Å². The van der Waals surface area contributed by atoms with Gasteiger partial charge in [-0.2, -0.15) is 9.65 Å². The molecule has 0 radical (unpaired) electrons. The number of alkyl halides is 2. The number of nitriles is 1. The van der Waals surface area contributed by atoms with E-state index in [1.54, 1.807) is 24.3 Å². The predicted octanol–water partition coefficient (Wildman–Crippen LogP) is 2.56. The van der Waals surface area contributed by atoms with Crippen molar-refractivity contribution in [1.82, 2.24) is 0 Å². The Balaban J connectivity index is 2.27. The lowest BCUT2D eigenvalue weighted by atomic mass is 9.97. The average Bonchev–Trinajstić information content (AvgIpc) is 2.28. The van der Waals surface area contributed by atoms with Crippen molar-refractivity contribution < 1.29 is 18.3 Å². The molecule has 0 amide bonds. The molecule has 1 aromatic rings. The summed E-state index contributed by atoms with van der Waals surface area (Å²) >= 11 is 0. The number of hydrogen-bond donors (Lipinski definition) is 0. The van der Waals surface area contributed by atoms with Crippen LogP contribution in [0.4, 0.5) is 8.78 Å². The molecule has 1 aromatic carbocycles. The van der Waals surface area contributed by atoms with Gasteiger partial charge in [0.25, 0.3) is 0 Å². The van der Waals surface area contributed by atoms with Crippen molar-refractivity contribution in [3.8, 4) is 6.07 Å². The number of hydrogen-bond acceptors (Lipinski definition) is 3. The highest BCUT2D eigenvalue weighted by Gasteiger charge is 2.57. The average molecular weight is 239 g/mol. The van der Waals surface area contributed by atoms with Gasteiger partial charge < -0.3 is 0 Å². The summed E-state index contributed by atoms with van der Waals surface area (Å²) < 4.78 is 35.2. The van der Waals surface area contributed by atoms with Gasteiger partial charge in [-0.25, -0.2) is 4.39 Å². The van der Waals surface area contributed by atoms with E-state index in [1.807, 2.05) is 6.07 Å². The minimum absolute atomic E-state index is 0.160. The van der Waals surface area contributed by atoms with Crippen molar-refractivity contribution in [3.63, 3.8) is 0 Å². The summed E-state index contributed by atoms with van der Waals surface area (Å²) in [4.78, 5) is 0. The summed E-state index contributed by atoms with van der Waals surface area (Å²) in [6, 6.07) is 6.22. The van der Waals surface area contributed by atoms with Crippen LogP contribution in [0, 0.1) is 11.3 Å². The molecule has 0 aliphatic carbocycles. The maximum Gasteiger partial charge on any atom is 0.354 e. The molecule has 0 saturated carbocycles. The van der Waals surface area contributed by atoms with Crippen molar-refractivity contribution in [1.29, 1.82) is 5.26 Å². The van der Waals surface area contributed by atoms with Crippen LogP contribution in [0.15, 0.2) is 24.3 Å². The number of rotatable bonds is 3. The van der Waals surface area contributed by atoms with Crippen LogP contribution >= 0.6 is 0 Å². The molecule has 3 nitrogen and oxygen atoms in total. The third-order valence-corrected chi connectivity index (χ3v) is 2.63. The Morgan fingerprint density at radius 3 is 2.59 bits per heavy atom. The van der Waals surface area contributed by atoms with Crippen molar-refractivity contribution in [2.45, 2.75) is 25.2 Å². The van der Waals surface area contributed by atoms with E-state index in [4.69, 9.17) is 14.7 Å². The van der Waals surface area contributed by atoms with Gasteiger partial charge in [0.1, 0.15) is 0 Å². The summed E-state index contributed by atoms with van der Waals surface area (Å²) in [5, 5.41) is 8.68. The lowest BCUT2D eigenvalue weighted by Crippen LogP contribution is -2.58. The van der Waals surface area contributed by atoms with Gasteiger partial charge in [0.15, 0.2) is 6.67 Å². The van der Waals surface area contributed by atoms with E-state index in [2.05, 4.69) is 0 Å². The molecule has 0 spiro atoms. The summed E-state index contributed by atoms with van der Waals surface area (Å²) in [7, 11) is 0. The minimum atomic E-state index is -2.66. The van der Waals surface area contributed by atoms with Crippen LogP contribution in [0.25, 0.3) is 0 Å². The number of ether oxygens (including phenoxy) is 2. The van der Waals surface area contributed by atoms with Crippen LogP contribution in [-0.4, -0.2) is 12.7 Å². The molecule has 1 aliphatic heterocycles. The van der Waals surface area contributed by atoms with Gasteiger partial charge in [0.05, 0.1) is 12.5 Å². The highest BCUT2D eigenvalue weighted by Crippen LogP contribution is 2.47. The minimum Gasteiger partial charge on any atom is -0.285 e. The monoisotopic (exact) mass is 239 g/mol. The molecule has 0 unspecified atom stereocenters. The number of benzene rings is 1. The lowest BCUT2D eigenvalue weighted by Gasteiger charge is -2.48. The van der Waals surface area contributed by atoms with E-state index in [1.165, 1.54) is 6.92 Å². The van der Waals surface area contributed by atoms with E-state index in [0.717, 1.165) is 0 Å². The van der Waals surface area contributed by atoms with Crippen molar-refractivity contribution in [2.24, 2.45) is 0 Å². The number of halogens is 2. The number of nitrogens with zero attached hydrogens (tertiary/aromatic N) is 1. The Morgan fingerprint density at radius 2 is 2.00 bits per heavy atom. The summed E-state index contributed by atoms with van der Waals surface area (Å²) in [5.41, 5.74) is 1.22. The standard InChI is InChI=1S/C12H11F2NO2/c1-11(16-12(14,8-13)17-11)10-5-3-2-4-9(10)6-7-15/h2-5H,6,8H2,1H3. The van der Waals surface area contributed by atoms with Crippen LogP contribution in [0.5, 0.6) is 0 Å². The normalized spacial score (nSPS) is 31.6. The molecule has 1 aliphatic rings. The van der Waals surface area contributed by atoms with Crippen molar-refractivity contribution in [2.75, 3.05) is 6.67 Å². The van der Waals surface area contributed by atoms with Crippen LogP contribution in [0.1, 0.15) is 18.1 Å². The molecule has 90 valence electrons. The van der Waals surface area contributed by atoms with E-state index in [9.17, 15) is 8.78 Å². The quantitative estimate of drug-likeness (QED) is 0.814. The molecule has 0 atom stereocenters. The molecule has 2 rings (SSSR count). The molecule has 1 saturated heterocycles. The van der Waals surface area contributed by atoms with Crippen LogP contribution in [0.2, 0.25) is 0 Å². The first-order chi connectivity index (χ1) is 8.03. The van der Waals surface area contributed by atoms with E-state index < -0.39 is 18.5 Å². The molecule has 1 fully saturated rings. The van der Waals surface area contributed by atoms with Gasteiger partial charge in [-0.15, -0.1) is 0 Å². The van der Waals surface area contributed by atoms with Gasteiger partial charge in [-0.1, -0.05) is 24.3 Å². The van der Waals surface area contributed by atoms with Gasteiger partial charge in [0, 0.05) is 5.56 Å². The van der Waals surface area contributed by atoms with Crippen molar-refractivity contribution in [3.05, 3.63) is 35.4 Å². The molecule has 0 aromatic heterocycles. The van der Waals surface area contributed by atoms with Crippen LogP contribution < -0.4 is 0 Å². The fourth-order valence-electron chi connectivity index (χ4n) is 1.96. The Bertz CT molecular complexity index is 464. The second kappa shape index (κ2) is 4.06. The predicted molar refractivity (Wildman–Crippen MR) is 55.1 cm³/mol. The Hall–Kier alpha value is -1.51. The zero-order valence-electron chi connectivity index (χ0n) is 9.24. The molecule has 0 N–H and O–H groups in total. The first-order valence-corrected chi connectivity index (χ1v) is 5.13. The first kappa shape index (κ1) is 12.0. The maximum absolute atomic E-state index is 13.2. The van der Waals surface area contributed by atoms with Gasteiger partial charge >= 0.3 is 6.04 Å². The highest BCUT2D eigenvalue weighted by atomic mass is 19.2. The second-order valence-electron chi connectivity index (χ2n) is 3.94. The molecular formula is C12H11F2NO2. The maximum atomic E-state index is 13.2.